The first-order chi connectivity index (χ1) is 11.1. The predicted octanol–water partition coefficient (Wildman–Crippen LogP) is 4.50. The van der Waals surface area contributed by atoms with Crippen molar-refractivity contribution < 1.29 is 9.84 Å². The summed E-state index contributed by atoms with van der Waals surface area (Å²) in [4.78, 5) is 0. The summed E-state index contributed by atoms with van der Waals surface area (Å²) in [5.41, 5.74) is 3.33. The Labute approximate surface area is 143 Å². The molecule has 0 fully saturated rings. The average Bonchev–Trinajstić information content (AvgIpc) is 2.43. The van der Waals surface area contributed by atoms with E-state index in [2.05, 4.69) is 38.7 Å². The van der Waals surface area contributed by atoms with Gasteiger partial charge >= 0.3 is 0 Å². The molecule has 0 aromatic heterocycles. The minimum absolute atomic E-state index is 0.00673. The zero-order chi connectivity index (χ0) is 18.1. The molecular formula is C20H24N2O2. The van der Waals surface area contributed by atoms with E-state index in [-0.39, 0.29) is 17.3 Å². The topological polar surface area (TPSA) is 65.3 Å². The van der Waals surface area contributed by atoms with Crippen LogP contribution in [0.4, 0.5) is 0 Å². The van der Waals surface area contributed by atoms with Crippen LogP contribution in [0.3, 0.4) is 0 Å². The van der Waals surface area contributed by atoms with Crippen molar-refractivity contribution in [3.8, 4) is 17.6 Å². The molecule has 1 aromatic rings. The van der Waals surface area contributed by atoms with E-state index < -0.39 is 0 Å². The van der Waals surface area contributed by atoms with Crippen LogP contribution in [0.1, 0.15) is 40.2 Å². The second kappa shape index (κ2) is 6.45. The van der Waals surface area contributed by atoms with Crippen LogP contribution in [-0.4, -0.2) is 11.2 Å². The fourth-order valence-electron chi connectivity index (χ4n) is 2.48. The lowest BCUT2D eigenvalue weighted by Gasteiger charge is -2.29. The van der Waals surface area contributed by atoms with Crippen LogP contribution in [0, 0.1) is 16.7 Å². The zero-order valence-electron chi connectivity index (χ0n) is 14.9. The normalized spacial score (nSPS) is 15.0. The SMILES string of the molecule is C=C1NC(C(C)(C)C)=CC(c2cc(O)cc(OC(C)C)c2)=C1C#N. The lowest BCUT2D eigenvalue weighted by Crippen LogP contribution is -2.27. The Morgan fingerprint density at radius 3 is 2.46 bits per heavy atom. The quantitative estimate of drug-likeness (QED) is 0.859. The Hall–Kier alpha value is -2.67. The van der Waals surface area contributed by atoms with E-state index in [1.165, 1.54) is 0 Å². The van der Waals surface area contributed by atoms with Crippen molar-refractivity contribution in [3.63, 3.8) is 0 Å². The molecule has 0 atom stereocenters. The molecule has 4 heteroatoms. The van der Waals surface area contributed by atoms with E-state index in [4.69, 9.17) is 4.74 Å². The fraction of sp³-hybridized carbons (Fsp3) is 0.350. The number of dihydropyridines is 1. The molecule has 2 rings (SSSR count). The molecule has 0 amide bonds. The summed E-state index contributed by atoms with van der Waals surface area (Å²) >= 11 is 0. The molecule has 1 aromatic carbocycles. The number of nitrogens with zero attached hydrogens (tertiary/aromatic N) is 1. The first kappa shape index (κ1) is 17.7. The van der Waals surface area contributed by atoms with E-state index in [9.17, 15) is 10.4 Å². The van der Waals surface area contributed by atoms with Crippen molar-refractivity contribution >= 4 is 5.57 Å². The van der Waals surface area contributed by atoms with Crippen LogP contribution in [0.5, 0.6) is 11.5 Å². The van der Waals surface area contributed by atoms with Crippen molar-refractivity contribution in [1.82, 2.24) is 5.32 Å². The third-order valence-electron chi connectivity index (χ3n) is 3.64. The number of nitriles is 1. The van der Waals surface area contributed by atoms with Gasteiger partial charge in [0.2, 0.25) is 0 Å². The molecule has 1 aliphatic rings. The number of phenols is 1. The Kier molecular flexibility index (Phi) is 4.75. The number of allylic oxidation sites excluding steroid dienone is 4. The van der Waals surface area contributed by atoms with Gasteiger partial charge in [-0.25, -0.2) is 0 Å². The summed E-state index contributed by atoms with van der Waals surface area (Å²) in [6, 6.07) is 7.24. The maximum Gasteiger partial charge on any atom is 0.123 e. The van der Waals surface area contributed by atoms with Gasteiger partial charge in [-0.3, -0.25) is 0 Å². The van der Waals surface area contributed by atoms with Crippen LogP contribution < -0.4 is 10.1 Å². The van der Waals surface area contributed by atoms with Gasteiger partial charge in [0, 0.05) is 28.4 Å². The molecule has 0 unspecified atom stereocenters. The Morgan fingerprint density at radius 2 is 1.92 bits per heavy atom. The number of rotatable bonds is 3. The molecule has 2 N–H and O–H groups in total. The summed E-state index contributed by atoms with van der Waals surface area (Å²) in [6.45, 7) is 14.1. The van der Waals surface area contributed by atoms with Gasteiger partial charge in [0.1, 0.15) is 17.6 Å². The first-order valence-corrected chi connectivity index (χ1v) is 7.95. The molecule has 4 nitrogen and oxygen atoms in total. The highest BCUT2D eigenvalue weighted by atomic mass is 16.5. The maximum absolute atomic E-state index is 10.0. The Balaban J connectivity index is 2.63. The average molecular weight is 324 g/mol. The third kappa shape index (κ3) is 3.80. The van der Waals surface area contributed by atoms with Gasteiger partial charge in [0.25, 0.3) is 0 Å². The summed E-state index contributed by atoms with van der Waals surface area (Å²) in [7, 11) is 0. The van der Waals surface area contributed by atoms with Crippen molar-refractivity contribution in [2.75, 3.05) is 0 Å². The van der Waals surface area contributed by atoms with E-state index in [0.29, 0.717) is 17.0 Å². The molecule has 1 aliphatic heterocycles. The predicted molar refractivity (Wildman–Crippen MR) is 96.2 cm³/mol. The highest BCUT2D eigenvalue weighted by Gasteiger charge is 2.25. The second-order valence-electron chi connectivity index (χ2n) is 7.19. The molecule has 0 aliphatic carbocycles. The maximum atomic E-state index is 10.0. The highest BCUT2D eigenvalue weighted by molar-refractivity contribution is 5.85. The molecule has 1 heterocycles. The van der Waals surface area contributed by atoms with Gasteiger partial charge in [-0.2, -0.15) is 5.26 Å². The van der Waals surface area contributed by atoms with E-state index in [1.807, 2.05) is 26.0 Å². The monoisotopic (exact) mass is 324 g/mol. The first-order valence-electron chi connectivity index (χ1n) is 7.95. The number of hydrogen-bond acceptors (Lipinski definition) is 4. The van der Waals surface area contributed by atoms with Crippen LogP contribution in [-0.2, 0) is 0 Å². The van der Waals surface area contributed by atoms with Gasteiger partial charge in [-0.1, -0.05) is 27.4 Å². The van der Waals surface area contributed by atoms with Gasteiger partial charge in [-0.15, -0.1) is 0 Å². The second-order valence-corrected chi connectivity index (χ2v) is 7.19. The fourth-order valence-corrected chi connectivity index (χ4v) is 2.48. The van der Waals surface area contributed by atoms with Gasteiger partial charge in [0.05, 0.1) is 11.7 Å². The number of aromatic hydroxyl groups is 1. The standard InChI is InChI=1S/C20H24N2O2/c1-12(2)24-16-8-14(7-15(23)9-16)17-10-19(20(4,5)6)22-13(3)18(17)11-21/h7-10,12,22-23H,3H2,1-2,4-6H3. The summed E-state index contributed by atoms with van der Waals surface area (Å²) in [5.74, 6) is 0.669. The summed E-state index contributed by atoms with van der Waals surface area (Å²) < 4.78 is 5.69. The third-order valence-corrected chi connectivity index (χ3v) is 3.64. The van der Waals surface area contributed by atoms with Crippen LogP contribution >= 0.6 is 0 Å². The molecule has 0 saturated heterocycles. The zero-order valence-corrected chi connectivity index (χ0v) is 14.9. The minimum Gasteiger partial charge on any atom is -0.508 e. The van der Waals surface area contributed by atoms with Crippen molar-refractivity contribution in [2.45, 2.75) is 40.7 Å². The molecule has 0 radical (unpaired) electrons. The molecule has 0 saturated carbocycles. The Morgan fingerprint density at radius 1 is 1.25 bits per heavy atom. The van der Waals surface area contributed by atoms with Crippen LogP contribution in [0.2, 0.25) is 0 Å². The number of hydrogen-bond donors (Lipinski definition) is 2. The van der Waals surface area contributed by atoms with Crippen molar-refractivity contribution in [2.24, 2.45) is 5.41 Å². The number of benzene rings is 1. The molecular weight excluding hydrogens is 300 g/mol. The number of ether oxygens (including phenoxy) is 1. The molecule has 126 valence electrons. The molecule has 0 spiro atoms. The van der Waals surface area contributed by atoms with Gasteiger partial charge in [-0.05, 0) is 37.6 Å². The van der Waals surface area contributed by atoms with Crippen molar-refractivity contribution in [3.05, 3.63) is 53.4 Å². The van der Waals surface area contributed by atoms with Gasteiger partial charge in [0.15, 0.2) is 0 Å². The lowest BCUT2D eigenvalue weighted by atomic mass is 9.85. The Bertz CT molecular complexity index is 772. The van der Waals surface area contributed by atoms with E-state index >= 15 is 0 Å². The summed E-state index contributed by atoms with van der Waals surface area (Å²) in [5, 5.41) is 22.8. The largest absolute Gasteiger partial charge is 0.508 e. The highest BCUT2D eigenvalue weighted by Crippen LogP contribution is 2.37. The molecule has 0 bridgehead atoms. The van der Waals surface area contributed by atoms with E-state index in [1.54, 1.807) is 12.1 Å². The van der Waals surface area contributed by atoms with E-state index in [0.717, 1.165) is 16.8 Å². The van der Waals surface area contributed by atoms with Gasteiger partial charge < -0.3 is 15.2 Å². The summed E-state index contributed by atoms with van der Waals surface area (Å²) in [6.07, 6.45) is 1.94. The number of phenolic OH excluding ortho intramolecular Hbond substituents is 1. The van der Waals surface area contributed by atoms with Crippen molar-refractivity contribution in [1.29, 1.82) is 5.26 Å². The number of nitrogens with one attached hydrogen (secondary N) is 1. The smallest absolute Gasteiger partial charge is 0.123 e. The van der Waals surface area contributed by atoms with Crippen LogP contribution in [0.25, 0.3) is 5.57 Å². The van der Waals surface area contributed by atoms with Crippen LogP contribution in [0.15, 0.2) is 47.8 Å². The lowest BCUT2D eigenvalue weighted by molar-refractivity contribution is 0.241. The minimum atomic E-state index is -0.122. The molecule has 24 heavy (non-hydrogen) atoms.